The van der Waals surface area contributed by atoms with Crippen LogP contribution in [0.15, 0.2) is 90.2 Å². The van der Waals surface area contributed by atoms with Crippen molar-refractivity contribution in [1.29, 1.82) is 0 Å². The highest BCUT2D eigenvalue weighted by Crippen LogP contribution is 2.32. The average molecular weight is 469 g/mol. The fourth-order valence-corrected chi connectivity index (χ4v) is 3.62. The lowest BCUT2D eigenvalue weighted by Gasteiger charge is -2.06. The molecule has 0 radical (unpaired) electrons. The largest absolute Gasteiger partial charge is 0.458 e. The molecule has 5 rings (SSSR count). The highest BCUT2D eigenvalue weighted by atomic mass is 16.7. The lowest BCUT2D eigenvalue weighted by molar-refractivity contribution is -0.150. The van der Waals surface area contributed by atoms with Crippen LogP contribution >= 0.6 is 0 Å². The Morgan fingerprint density at radius 1 is 1.00 bits per heavy atom. The molecule has 4 aromatic rings. The molecule has 0 saturated carbocycles. The summed E-state index contributed by atoms with van der Waals surface area (Å²) in [6.45, 7) is 1.74. The highest BCUT2D eigenvalue weighted by Gasteiger charge is 2.16. The molecule has 1 aliphatic rings. The SMILES string of the molecule is C/C(=N/OCC(=O)OCc1cn(-c2ccccc2)nc1-c1ccccc1)c1ccc2c(c1)OCO2. The van der Waals surface area contributed by atoms with Gasteiger partial charge in [-0.15, -0.1) is 0 Å². The maximum atomic E-state index is 12.3. The number of fused-ring (bicyclic) bond motifs is 1. The third-order valence-electron chi connectivity index (χ3n) is 5.42. The number of rotatable bonds is 8. The van der Waals surface area contributed by atoms with E-state index in [-0.39, 0.29) is 20.0 Å². The Bertz CT molecular complexity index is 1350. The zero-order valence-corrected chi connectivity index (χ0v) is 19.1. The number of hydrogen-bond acceptors (Lipinski definition) is 7. The monoisotopic (exact) mass is 469 g/mol. The molecular formula is C27H23N3O5. The van der Waals surface area contributed by atoms with Gasteiger partial charge in [0.15, 0.2) is 11.5 Å². The van der Waals surface area contributed by atoms with E-state index in [1.165, 1.54) is 0 Å². The van der Waals surface area contributed by atoms with Crippen LogP contribution in [-0.4, -0.2) is 34.9 Å². The molecule has 3 aromatic carbocycles. The number of carbonyl (C=O) groups excluding carboxylic acids is 1. The van der Waals surface area contributed by atoms with Crippen LogP contribution < -0.4 is 9.47 Å². The Balaban J connectivity index is 1.23. The van der Waals surface area contributed by atoms with E-state index in [9.17, 15) is 4.79 Å². The second-order valence-corrected chi connectivity index (χ2v) is 7.83. The summed E-state index contributed by atoms with van der Waals surface area (Å²) in [5, 5.41) is 8.75. The van der Waals surface area contributed by atoms with Crippen LogP contribution in [0, 0.1) is 0 Å². The Kier molecular flexibility index (Phi) is 6.43. The molecule has 1 aromatic heterocycles. The summed E-state index contributed by atoms with van der Waals surface area (Å²) in [6.07, 6.45) is 1.87. The van der Waals surface area contributed by atoms with Crippen LogP contribution in [0.25, 0.3) is 16.9 Å². The molecule has 2 heterocycles. The standard InChI is InChI=1S/C27H23N3O5/c1-19(21-12-13-24-25(14-21)34-18-33-24)29-35-17-26(31)32-16-22-15-30(23-10-6-3-7-11-23)28-27(22)20-8-4-2-5-9-20/h2-15H,16-18H2,1H3/b29-19-. The summed E-state index contributed by atoms with van der Waals surface area (Å²) < 4.78 is 17.9. The molecule has 8 nitrogen and oxygen atoms in total. The number of oxime groups is 1. The van der Waals surface area contributed by atoms with Crippen molar-refractivity contribution < 1.29 is 23.8 Å². The molecule has 0 saturated heterocycles. The summed E-state index contributed by atoms with van der Waals surface area (Å²) >= 11 is 0. The van der Waals surface area contributed by atoms with Crippen molar-refractivity contribution in [2.24, 2.45) is 5.16 Å². The first-order valence-corrected chi connectivity index (χ1v) is 11.1. The highest BCUT2D eigenvalue weighted by molar-refractivity contribution is 5.99. The Morgan fingerprint density at radius 3 is 2.54 bits per heavy atom. The van der Waals surface area contributed by atoms with E-state index in [0.29, 0.717) is 17.2 Å². The molecule has 35 heavy (non-hydrogen) atoms. The smallest absolute Gasteiger partial charge is 0.347 e. The molecule has 0 amide bonds. The molecule has 0 atom stereocenters. The van der Waals surface area contributed by atoms with Gasteiger partial charge in [0.1, 0.15) is 6.61 Å². The molecular weight excluding hydrogens is 446 g/mol. The van der Waals surface area contributed by atoms with Crippen LogP contribution in [0.4, 0.5) is 0 Å². The average Bonchev–Trinajstić information content (AvgIpc) is 3.55. The quantitative estimate of drug-likeness (QED) is 0.210. The summed E-state index contributed by atoms with van der Waals surface area (Å²) in [6, 6.07) is 25.0. The van der Waals surface area contributed by atoms with Crippen molar-refractivity contribution >= 4 is 11.7 Å². The summed E-state index contributed by atoms with van der Waals surface area (Å²) in [4.78, 5) is 17.6. The second kappa shape index (κ2) is 10.1. The van der Waals surface area contributed by atoms with E-state index in [1.54, 1.807) is 11.6 Å². The van der Waals surface area contributed by atoms with Gasteiger partial charge in [-0.2, -0.15) is 5.10 Å². The third kappa shape index (κ3) is 5.16. The van der Waals surface area contributed by atoms with Crippen LogP contribution in [-0.2, 0) is 21.0 Å². The second-order valence-electron chi connectivity index (χ2n) is 7.83. The van der Waals surface area contributed by atoms with E-state index < -0.39 is 5.97 Å². The maximum Gasteiger partial charge on any atom is 0.347 e. The van der Waals surface area contributed by atoms with Gasteiger partial charge in [-0.3, -0.25) is 0 Å². The number of carbonyl (C=O) groups is 1. The van der Waals surface area contributed by atoms with Gasteiger partial charge in [0.05, 0.1) is 17.1 Å². The van der Waals surface area contributed by atoms with Crippen LogP contribution in [0.5, 0.6) is 11.5 Å². The number of para-hydroxylation sites is 1. The predicted molar refractivity (Wildman–Crippen MR) is 130 cm³/mol. The number of esters is 1. The fraction of sp³-hybridized carbons (Fsp3) is 0.148. The van der Waals surface area contributed by atoms with Crippen LogP contribution in [0.3, 0.4) is 0 Å². The fourth-order valence-electron chi connectivity index (χ4n) is 3.62. The molecule has 0 N–H and O–H groups in total. The van der Waals surface area contributed by atoms with E-state index >= 15 is 0 Å². The van der Waals surface area contributed by atoms with E-state index in [4.69, 9.17) is 24.1 Å². The van der Waals surface area contributed by atoms with E-state index in [0.717, 1.165) is 28.1 Å². The molecule has 0 bridgehead atoms. The Morgan fingerprint density at radius 2 is 1.74 bits per heavy atom. The first-order valence-electron chi connectivity index (χ1n) is 11.1. The van der Waals surface area contributed by atoms with Gasteiger partial charge in [-0.25, -0.2) is 9.48 Å². The Hall–Kier alpha value is -4.59. The molecule has 0 aliphatic carbocycles. The van der Waals surface area contributed by atoms with Crippen molar-refractivity contribution in [3.63, 3.8) is 0 Å². The molecule has 0 unspecified atom stereocenters. The zero-order chi connectivity index (χ0) is 24.0. The number of benzene rings is 3. The van der Waals surface area contributed by atoms with Crippen molar-refractivity contribution in [2.45, 2.75) is 13.5 Å². The minimum absolute atomic E-state index is 0.0596. The van der Waals surface area contributed by atoms with Crippen molar-refractivity contribution in [1.82, 2.24) is 9.78 Å². The van der Waals surface area contributed by atoms with Gasteiger partial charge in [0, 0.05) is 22.9 Å². The van der Waals surface area contributed by atoms with Gasteiger partial charge in [0.25, 0.3) is 0 Å². The molecule has 8 heteroatoms. The summed E-state index contributed by atoms with van der Waals surface area (Å²) in [5.41, 5.74) is 4.80. The number of hydrogen-bond donors (Lipinski definition) is 0. The summed E-state index contributed by atoms with van der Waals surface area (Å²) in [5.74, 6) is 0.817. The molecule has 0 fully saturated rings. The van der Waals surface area contributed by atoms with Gasteiger partial charge in [-0.1, -0.05) is 53.7 Å². The van der Waals surface area contributed by atoms with E-state index in [1.807, 2.05) is 85.1 Å². The molecule has 0 spiro atoms. The Labute approximate surface area is 202 Å². The molecule has 1 aliphatic heterocycles. The predicted octanol–water partition coefficient (Wildman–Crippen LogP) is 4.75. The van der Waals surface area contributed by atoms with Crippen LogP contribution in [0.2, 0.25) is 0 Å². The first kappa shape index (κ1) is 22.2. The van der Waals surface area contributed by atoms with Gasteiger partial charge < -0.3 is 19.0 Å². The van der Waals surface area contributed by atoms with Gasteiger partial charge in [0.2, 0.25) is 13.4 Å². The number of nitrogens with zero attached hydrogens (tertiary/aromatic N) is 3. The first-order chi connectivity index (χ1) is 17.2. The third-order valence-corrected chi connectivity index (χ3v) is 5.42. The number of aromatic nitrogens is 2. The topological polar surface area (TPSA) is 84.2 Å². The van der Waals surface area contributed by atoms with E-state index in [2.05, 4.69) is 5.16 Å². The van der Waals surface area contributed by atoms with Gasteiger partial charge >= 0.3 is 5.97 Å². The van der Waals surface area contributed by atoms with Crippen molar-refractivity contribution in [3.8, 4) is 28.4 Å². The minimum atomic E-state index is -0.529. The number of ether oxygens (including phenoxy) is 3. The maximum absolute atomic E-state index is 12.3. The lowest BCUT2D eigenvalue weighted by Crippen LogP contribution is -2.11. The normalized spacial score (nSPS) is 12.4. The van der Waals surface area contributed by atoms with Crippen molar-refractivity contribution in [3.05, 3.63) is 96.2 Å². The van der Waals surface area contributed by atoms with Gasteiger partial charge in [-0.05, 0) is 37.3 Å². The zero-order valence-electron chi connectivity index (χ0n) is 19.1. The van der Waals surface area contributed by atoms with Crippen molar-refractivity contribution in [2.75, 3.05) is 13.4 Å². The lowest BCUT2D eigenvalue weighted by atomic mass is 10.1. The summed E-state index contributed by atoms with van der Waals surface area (Å²) in [7, 11) is 0. The van der Waals surface area contributed by atoms with Crippen LogP contribution in [0.1, 0.15) is 18.1 Å². The minimum Gasteiger partial charge on any atom is -0.458 e. The molecule has 176 valence electrons.